The minimum Gasteiger partial charge on any atom is -0.496 e. The summed E-state index contributed by atoms with van der Waals surface area (Å²) in [5.41, 5.74) is 2.78. The lowest BCUT2D eigenvalue weighted by molar-refractivity contribution is 0.406. The molecule has 20 heavy (non-hydrogen) atoms. The minimum absolute atomic E-state index is 0.0901. The van der Waals surface area contributed by atoms with E-state index in [-0.39, 0.29) is 11.9 Å². The van der Waals surface area contributed by atoms with Crippen LogP contribution in [0, 0.1) is 12.7 Å². The van der Waals surface area contributed by atoms with Gasteiger partial charge in [-0.15, -0.1) is 0 Å². The van der Waals surface area contributed by atoms with Crippen LogP contribution in [0.2, 0.25) is 0 Å². The van der Waals surface area contributed by atoms with E-state index in [1.165, 1.54) is 12.1 Å². The highest BCUT2D eigenvalue weighted by Crippen LogP contribution is 2.30. The maximum Gasteiger partial charge on any atom is 0.125 e. The van der Waals surface area contributed by atoms with Crippen LogP contribution < -0.4 is 10.1 Å². The second-order valence-corrected chi connectivity index (χ2v) is 4.86. The van der Waals surface area contributed by atoms with Crippen molar-refractivity contribution in [2.75, 3.05) is 12.4 Å². The third kappa shape index (κ3) is 3.29. The molecule has 2 rings (SSSR count). The first-order valence-electron chi connectivity index (χ1n) is 6.80. The summed E-state index contributed by atoms with van der Waals surface area (Å²) < 4.78 is 18.9. The highest BCUT2D eigenvalue weighted by Gasteiger charge is 2.14. The van der Waals surface area contributed by atoms with E-state index >= 15 is 0 Å². The molecule has 1 unspecified atom stereocenters. The van der Waals surface area contributed by atoms with Crippen LogP contribution in [0.4, 0.5) is 10.1 Å². The SMILES string of the molecule is CCC(Nc1cc(C)cc(F)c1)c1ccccc1OC. The molecule has 0 fully saturated rings. The van der Waals surface area contributed by atoms with Crippen molar-refractivity contribution in [2.24, 2.45) is 0 Å². The summed E-state index contributed by atoms with van der Waals surface area (Å²) in [6.45, 7) is 3.98. The first kappa shape index (κ1) is 14.4. The predicted octanol–water partition coefficient (Wildman–Crippen LogP) is 4.71. The highest BCUT2D eigenvalue weighted by atomic mass is 19.1. The first-order chi connectivity index (χ1) is 9.63. The van der Waals surface area contributed by atoms with Crippen molar-refractivity contribution in [1.29, 1.82) is 0 Å². The summed E-state index contributed by atoms with van der Waals surface area (Å²) in [6, 6.07) is 13.0. The van der Waals surface area contributed by atoms with Crippen LogP contribution in [0.1, 0.15) is 30.5 Å². The van der Waals surface area contributed by atoms with Gasteiger partial charge < -0.3 is 10.1 Å². The molecule has 0 aliphatic heterocycles. The van der Waals surface area contributed by atoms with E-state index < -0.39 is 0 Å². The maximum atomic E-state index is 13.5. The predicted molar refractivity (Wildman–Crippen MR) is 80.8 cm³/mol. The van der Waals surface area contributed by atoms with E-state index in [9.17, 15) is 4.39 Å². The fourth-order valence-electron chi connectivity index (χ4n) is 2.37. The second-order valence-electron chi connectivity index (χ2n) is 4.86. The van der Waals surface area contributed by atoms with Gasteiger partial charge in [0.05, 0.1) is 13.2 Å². The number of ether oxygens (including phenoxy) is 1. The molecule has 0 amide bonds. The van der Waals surface area contributed by atoms with Crippen molar-refractivity contribution in [3.63, 3.8) is 0 Å². The number of methoxy groups -OCH3 is 1. The summed E-state index contributed by atoms with van der Waals surface area (Å²) in [5, 5.41) is 3.38. The summed E-state index contributed by atoms with van der Waals surface area (Å²) >= 11 is 0. The molecule has 0 saturated heterocycles. The fourth-order valence-corrected chi connectivity index (χ4v) is 2.37. The van der Waals surface area contributed by atoms with Crippen molar-refractivity contribution in [1.82, 2.24) is 0 Å². The third-order valence-electron chi connectivity index (χ3n) is 3.31. The zero-order valence-electron chi connectivity index (χ0n) is 12.1. The monoisotopic (exact) mass is 273 g/mol. The van der Waals surface area contributed by atoms with Gasteiger partial charge in [-0.3, -0.25) is 0 Å². The number of anilines is 1. The van der Waals surface area contributed by atoms with Gasteiger partial charge in [0.2, 0.25) is 0 Å². The molecule has 0 aliphatic carbocycles. The lowest BCUT2D eigenvalue weighted by atomic mass is 10.0. The fraction of sp³-hybridized carbons (Fsp3) is 0.294. The molecule has 0 heterocycles. The van der Waals surface area contributed by atoms with Gasteiger partial charge in [-0.1, -0.05) is 25.1 Å². The molecule has 2 nitrogen and oxygen atoms in total. The number of para-hydroxylation sites is 1. The Morgan fingerprint density at radius 3 is 2.60 bits per heavy atom. The molecule has 3 heteroatoms. The molecular formula is C17H20FNO. The number of benzene rings is 2. The molecule has 106 valence electrons. The van der Waals surface area contributed by atoms with Crippen LogP contribution >= 0.6 is 0 Å². The number of aryl methyl sites for hydroxylation is 1. The largest absolute Gasteiger partial charge is 0.496 e. The third-order valence-corrected chi connectivity index (χ3v) is 3.31. The van der Waals surface area contributed by atoms with Gasteiger partial charge in [-0.25, -0.2) is 4.39 Å². The van der Waals surface area contributed by atoms with E-state index in [1.807, 2.05) is 37.3 Å². The Morgan fingerprint density at radius 2 is 1.95 bits per heavy atom. The molecule has 2 aromatic rings. The van der Waals surface area contributed by atoms with Crippen molar-refractivity contribution < 1.29 is 9.13 Å². The van der Waals surface area contributed by atoms with Gasteiger partial charge in [0.25, 0.3) is 0 Å². The number of halogens is 1. The zero-order valence-corrected chi connectivity index (χ0v) is 12.1. The average Bonchev–Trinajstić information content (AvgIpc) is 2.43. The van der Waals surface area contributed by atoms with Gasteiger partial charge in [0.15, 0.2) is 0 Å². The smallest absolute Gasteiger partial charge is 0.125 e. The second kappa shape index (κ2) is 6.42. The van der Waals surface area contributed by atoms with E-state index in [0.29, 0.717) is 0 Å². The maximum absolute atomic E-state index is 13.5. The lowest BCUT2D eigenvalue weighted by Gasteiger charge is -2.21. The Hall–Kier alpha value is -2.03. The normalized spacial score (nSPS) is 12.0. The topological polar surface area (TPSA) is 21.3 Å². The summed E-state index contributed by atoms with van der Waals surface area (Å²) in [6.07, 6.45) is 0.885. The van der Waals surface area contributed by atoms with Crippen molar-refractivity contribution in [3.05, 3.63) is 59.4 Å². The molecule has 0 aliphatic rings. The van der Waals surface area contributed by atoms with E-state index in [4.69, 9.17) is 4.74 Å². The van der Waals surface area contributed by atoms with Crippen LogP contribution in [0.25, 0.3) is 0 Å². The molecule has 0 radical (unpaired) electrons. The van der Waals surface area contributed by atoms with Gasteiger partial charge in [0, 0.05) is 11.3 Å². The van der Waals surface area contributed by atoms with Crippen molar-refractivity contribution >= 4 is 5.69 Å². The quantitative estimate of drug-likeness (QED) is 0.852. The average molecular weight is 273 g/mol. The number of hydrogen-bond donors (Lipinski definition) is 1. The standard InChI is InChI=1S/C17H20FNO/c1-4-16(15-7-5-6-8-17(15)20-3)19-14-10-12(2)9-13(18)11-14/h5-11,16,19H,4H2,1-3H3. The molecule has 2 aromatic carbocycles. The molecule has 0 saturated carbocycles. The van der Waals surface area contributed by atoms with Crippen LogP contribution in [0.5, 0.6) is 5.75 Å². The van der Waals surface area contributed by atoms with Crippen LogP contribution in [0.15, 0.2) is 42.5 Å². The molecule has 1 atom stereocenters. The van der Waals surface area contributed by atoms with Crippen LogP contribution in [-0.2, 0) is 0 Å². The molecule has 1 N–H and O–H groups in total. The Bertz CT molecular complexity index is 563. The summed E-state index contributed by atoms with van der Waals surface area (Å²) in [5.74, 6) is 0.627. The van der Waals surface area contributed by atoms with Crippen LogP contribution in [0.3, 0.4) is 0 Å². The van der Waals surface area contributed by atoms with E-state index in [2.05, 4.69) is 12.2 Å². The Kier molecular flexibility index (Phi) is 4.61. The van der Waals surface area contributed by atoms with Crippen LogP contribution in [-0.4, -0.2) is 7.11 Å². The Morgan fingerprint density at radius 1 is 1.20 bits per heavy atom. The number of rotatable bonds is 5. The van der Waals surface area contributed by atoms with Gasteiger partial charge in [-0.2, -0.15) is 0 Å². The lowest BCUT2D eigenvalue weighted by Crippen LogP contribution is -2.11. The van der Waals surface area contributed by atoms with Crippen molar-refractivity contribution in [3.8, 4) is 5.75 Å². The Balaban J connectivity index is 2.28. The first-order valence-corrected chi connectivity index (χ1v) is 6.80. The molecule has 0 aromatic heterocycles. The molecule has 0 bridgehead atoms. The molecule has 0 spiro atoms. The molecular weight excluding hydrogens is 253 g/mol. The summed E-state index contributed by atoms with van der Waals surface area (Å²) in [7, 11) is 1.66. The minimum atomic E-state index is -0.220. The van der Waals surface area contributed by atoms with Gasteiger partial charge in [0.1, 0.15) is 11.6 Å². The van der Waals surface area contributed by atoms with E-state index in [0.717, 1.165) is 29.0 Å². The Labute approximate surface area is 119 Å². The van der Waals surface area contributed by atoms with E-state index in [1.54, 1.807) is 7.11 Å². The summed E-state index contributed by atoms with van der Waals surface area (Å²) in [4.78, 5) is 0. The van der Waals surface area contributed by atoms with Gasteiger partial charge in [-0.05, 0) is 43.2 Å². The highest BCUT2D eigenvalue weighted by molar-refractivity contribution is 5.49. The number of hydrogen-bond acceptors (Lipinski definition) is 2. The van der Waals surface area contributed by atoms with Gasteiger partial charge >= 0.3 is 0 Å². The van der Waals surface area contributed by atoms with Crippen molar-refractivity contribution in [2.45, 2.75) is 26.3 Å². The number of nitrogens with one attached hydrogen (secondary N) is 1. The zero-order chi connectivity index (χ0) is 14.5.